The Balaban J connectivity index is 1.89. The van der Waals surface area contributed by atoms with E-state index in [9.17, 15) is 4.79 Å². The zero-order chi connectivity index (χ0) is 14.4. The van der Waals surface area contributed by atoms with Crippen molar-refractivity contribution < 1.29 is 4.79 Å². The van der Waals surface area contributed by atoms with E-state index in [1.54, 1.807) is 0 Å². The van der Waals surface area contributed by atoms with Crippen LogP contribution in [0, 0.1) is 0 Å². The summed E-state index contributed by atoms with van der Waals surface area (Å²) in [6.07, 6.45) is 0. The first kappa shape index (κ1) is 14.3. The molecule has 3 N–H and O–H groups in total. The van der Waals surface area contributed by atoms with Gasteiger partial charge in [0.15, 0.2) is 0 Å². The summed E-state index contributed by atoms with van der Waals surface area (Å²) < 4.78 is 0. The average molecular weight is 268 g/mol. The maximum absolute atomic E-state index is 12.0. The lowest BCUT2D eigenvalue weighted by Crippen LogP contribution is -2.36. The SMILES string of the molecule is CC(CNC(=O)[C@H](N)c1ccccc1)c1ccccc1. The Labute approximate surface area is 119 Å². The summed E-state index contributed by atoms with van der Waals surface area (Å²) in [5.74, 6) is 0.127. The van der Waals surface area contributed by atoms with Crippen molar-refractivity contribution in [2.45, 2.75) is 18.9 Å². The fourth-order valence-electron chi connectivity index (χ4n) is 2.07. The second-order valence-electron chi connectivity index (χ2n) is 4.95. The van der Waals surface area contributed by atoms with E-state index in [2.05, 4.69) is 24.4 Å². The Morgan fingerprint density at radius 1 is 1.00 bits per heavy atom. The van der Waals surface area contributed by atoms with Gasteiger partial charge in [-0.05, 0) is 17.0 Å². The molecule has 0 aliphatic rings. The number of carbonyl (C=O) groups is 1. The van der Waals surface area contributed by atoms with Gasteiger partial charge in [-0.15, -0.1) is 0 Å². The fraction of sp³-hybridized carbons (Fsp3) is 0.235. The lowest BCUT2D eigenvalue weighted by Gasteiger charge is -2.16. The normalized spacial score (nSPS) is 13.5. The van der Waals surface area contributed by atoms with Gasteiger partial charge in [-0.3, -0.25) is 4.79 Å². The minimum Gasteiger partial charge on any atom is -0.354 e. The second-order valence-corrected chi connectivity index (χ2v) is 4.95. The first-order valence-electron chi connectivity index (χ1n) is 6.81. The Hall–Kier alpha value is -2.13. The highest BCUT2D eigenvalue weighted by atomic mass is 16.2. The predicted molar refractivity (Wildman–Crippen MR) is 81.2 cm³/mol. The Morgan fingerprint density at radius 3 is 2.05 bits per heavy atom. The lowest BCUT2D eigenvalue weighted by atomic mass is 10.0. The van der Waals surface area contributed by atoms with E-state index in [0.29, 0.717) is 6.54 Å². The topological polar surface area (TPSA) is 55.1 Å². The number of carbonyl (C=O) groups excluding carboxylic acids is 1. The summed E-state index contributed by atoms with van der Waals surface area (Å²) in [7, 11) is 0. The number of benzene rings is 2. The van der Waals surface area contributed by atoms with Crippen LogP contribution in [0.4, 0.5) is 0 Å². The van der Waals surface area contributed by atoms with Crippen molar-refractivity contribution in [3.8, 4) is 0 Å². The third-order valence-electron chi connectivity index (χ3n) is 3.39. The van der Waals surface area contributed by atoms with Gasteiger partial charge >= 0.3 is 0 Å². The largest absolute Gasteiger partial charge is 0.354 e. The first-order chi connectivity index (χ1) is 9.68. The molecule has 3 nitrogen and oxygen atoms in total. The molecule has 0 heterocycles. The van der Waals surface area contributed by atoms with Crippen molar-refractivity contribution in [2.24, 2.45) is 5.73 Å². The van der Waals surface area contributed by atoms with Crippen LogP contribution in [0.2, 0.25) is 0 Å². The molecule has 0 fully saturated rings. The van der Waals surface area contributed by atoms with Gasteiger partial charge in [-0.25, -0.2) is 0 Å². The third kappa shape index (κ3) is 3.68. The zero-order valence-electron chi connectivity index (χ0n) is 11.6. The van der Waals surface area contributed by atoms with E-state index in [4.69, 9.17) is 5.73 Å². The Kier molecular flexibility index (Phi) is 4.91. The number of nitrogens with one attached hydrogen (secondary N) is 1. The van der Waals surface area contributed by atoms with E-state index in [1.165, 1.54) is 5.56 Å². The Morgan fingerprint density at radius 2 is 1.50 bits per heavy atom. The quantitative estimate of drug-likeness (QED) is 0.875. The summed E-state index contributed by atoms with van der Waals surface area (Å²) in [6, 6.07) is 18.9. The summed E-state index contributed by atoms with van der Waals surface area (Å²) in [4.78, 5) is 12.0. The van der Waals surface area contributed by atoms with Crippen LogP contribution < -0.4 is 11.1 Å². The molecule has 0 saturated heterocycles. The van der Waals surface area contributed by atoms with Gasteiger partial charge in [-0.1, -0.05) is 67.6 Å². The number of hydrogen-bond donors (Lipinski definition) is 2. The van der Waals surface area contributed by atoms with Gasteiger partial charge in [0.05, 0.1) is 0 Å². The second kappa shape index (κ2) is 6.87. The minimum absolute atomic E-state index is 0.140. The third-order valence-corrected chi connectivity index (χ3v) is 3.39. The molecule has 2 rings (SSSR count). The molecule has 0 spiro atoms. The van der Waals surface area contributed by atoms with Crippen LogP contribution in [0.5, 0.6) is 0 Å². The summed E-state index contributed by atoms with van der Waals surface area (Å²) in [6.45, 7) is 2.67. The molecule has 0 aromatic heterocycles. The summed E-state index contributed by atoms with van der Waals surface area (Å²) in [5.41, 5.74) is 7.99. The molecule has 1 amide bonds. The van der Waals surface area contributed by atoms with E-state index in [1.807, 2.05) is 48.5 Å². The smallest absolute Gasteiger partial charge is 0.241 e. The molecule has 0 aliphatic heterocycles. The highest BCUT2D eigenvalue weighted by Crippen LogP contribution is 2.14. The highest BCUT2D eigenvalue weighted by Gasteiger charge is 2.16. The lowest BCUT2D eigenvalue weighted by molar-refractivity contribution is -0.122. The molecule has 0 aliphatic carbocycles. The molecular formula is C17H20N2O. The highest BCUT2D eigenvalue weighted by molar-refractivity contribution is 5.82. The van der Waals surface area contributed by atoms with E-state index in [-0.39, 0.29) is 11.8 Å². The van der Waals surface area contributed by atoms with Crippen LogP contribution in [0.1, 0.15) is 30.0 Å². The molecule has 2 aromatic carbocycles. The van der Waals surface area contributed by atoms with E-state index >= 15 is 0 Å². The number of amides is 1. The van der Waals surface area contributed by atoms with Crippen molar-refractivity contribution in [1.82, 2.24) is 5.32 Å². The average Bonchev–Trinajstić information content (AvgIpc) is 2.53. The van der Waals surface area contributed by atoms with Crippen LogP contribution in [0.15, 0.2) is 60.7 Å². The summed E-state index contributed by atoms with van der Waals surface area (Å²) >= 11 is 0. The van der Waals surface area contributed by atoms with Gasteiger partial charge in [0, 0.05) is 6.54 Å². The van der Waals surface area contributed by atoms with Gasteiger partial charge < -0.3 is 11.1 Å². The standard InChI is InChI=1S/C17H20N2O/c1-13(14-8-4-2-5-9-14)12-19-17(20)16(18)15-10-6-3-7-11-15/h2-11,13,16H,12,18H2,1H3,(H,19,20)/t13?,16-/m1/s1. The number of rotatable bonds is 5. The molecule has 2 aromatic rings. The van der Waals surface area contributed by atoms with Gasteiger partial charge in [0.2, 0.25) is 5.91 Å². The molecule has 0 bridgehead atoms. The van der Waals surface area contributed by atoms with E-state index in [0.717, 1.165) is 5.56 Å². The van der Waals surface area contributed by atoms with Crippen molar-refractivity contribution in [3.63, 3.8) is 0 Å². The maximum atomic E-state index is 12.0. The van der Waals surface area contributed by atoms with Crippen molar-refractivity contribution in [3.05, 3.63) is 71.8 Å². The van der Waals surface area contributed by atoms with Crippen molar-refractivity contribution >= 4 is 5.91 Å². The maximum Gasteiger partial charge on any atom is 0.241 e. The molecule has 3 heteroatoms. The minimum atomic E-state index is -0.612. The van der Waals surface area contributed by atoms with Crippen LogP contribution >= 0.6 is 0 Å². The number of hydrogen-bond acceptors (Lipinski definition) is 2. The first-order valence-corrected chi connectivity index (χ1v) is 6.81. The molecule has 1 unspecified atom stereocenters. The fourth-order valence-corrected chi connectivity index (χ4v) is 2.07. The van der Waals surface area contributed by atoms with Crippen LogP contribution in [-0.2, 0) is 4.79 Å². The Bertz CT molecular complexity index is 539. The van der Waals surface area contributed by atoms with Crippen LogP contribution in [0.3, 0.4) is 0 Å². The molecule has 104 valence electrons. The van der Waals surface area contributed by atoms with Gasteiger partial charge in [-0.2, -0.15) is 0 Å². The zero-order valence-corrected chi connectivity index (χ0v) is 11.6. The molecule has 20 heavy (non-hydrogen) atoms. The molecule has 0 radical (unpaired) electrons. The van der Waals surface area contributed by atoms with Crippen LogP contribution in [0.25, 0.3) is 0 Å². The number of nitrogens with two attached hydrogens (primary N) is 1. The molecular weight excluding hydrogens is 248 g/mol. The predicted octanol–water partition coefficient (Wildman–Crippen LogP) is 2.61. The molecule has 0 saturated carbocycles. The van der Waals surface area contributed by atoms with Crippen molar-refractivity contribution in [1.29, 1.82) is 0 Å². The molecule has 2 atom stereocenters. The monoisotopic (exact) mass is 268 g/mol. The summed E-state index contributed by atoms with van der Waals surface area (Å²) in [5, 5.41) is 2.92. The van der Waals surface area contributed by atoms with Crippen LogP contribution in [-0.4, -0.2) is 12.5 Å². The van der Waals surface area contributed by atoms with E-state index < -0.39 is 6.04 Å². The van der Waals surface area contributed by atoms with Gasteiger partial charge in [0.1, 0.15) is 6.04 Å². The van der Waals surface area contributed by atoms with Gasteiger partial charge in [0.25, 0.3) is 0 Å². The van der Waals surface area contributed by atoms with Crippen molar-refractivity contribution in [2.75, 3.05) is 6.54 Å².